The molecule has 0 fully saturated rings. The number of nitrogens with one attached hydrogen (secondary N) is 2. The summed E-state index contributed by atoms with van der Waals surface area (Å²) in [7, 11) is 0. The lowest BCUT2D eigenvalue weighted by atomic mass is 10.1. The fraction of sp³-hybridized carbons (Fsp3) is 0.550. The van der Waals surface area contributed by atoms with Crippen molar-refractivity contribution in [2.75, 3.05) is 26.3 Å². The standard InChI is InChI=1S/C20H30Cl2N6O.HI/c1-4-19-27-25-14-28(19)11-10-24-20(23-9-6-12-29-5-2)26-15(3)16-7-8-17(21)18(22)13-16;/h7-8,13-15H,4-6,9-12H2,1-3H3,(H2,23,24,26);1H. The summed E-state index contributed by atoms with van der Waals surface area (Å²) in [6.07, 6.45) is 3.48. The van der Waals surface area contributed by atoms with Gasteiger partial charge >= 0.3 is 0 Å². The number of rotatable bonds is 11. The third kappa shape index (κ3) is 8.95. The summed E-state index contributed by atoms with van der Waals surface area (Å²) in [5.74, 6) is 1.71. The van der Waals surface area contributed by atoms with Gasteiger partial charge in [-0.15, -0.1) is 34.2 Å². The molecule has 0 bridgehead atoms. The molecule has 1 aromatic carbocycles. The predicted molar refractivity (Wildman–Crippen MR) is 134 cm³/mol. The lowest BCUT2D eigenvalue weighted by Gasteiger charge is -2.19. The molecule has 1 unspecified atom stereocenters. The van der Waals surface area contributed by atoms with E-state index < -0.39 is 0 Å². The number of benzene rings is 1. The second kappa shape index (κ2) is 14.8. The first-order valence-electron chi connectivity index (χ1n) is 9.99. The van der Waals surface area contributed by atoms with Gasteiger partial charge < -0.3 is 19.9 Å². The first kappa shape index (κ1) is 26.9. The molecule has 0 aliphatic heterocycles. The minimum Gasteiger partial charge on any atom is -0.382 e. The molecule has 2 aromatic rings. The number of ether oxygens (including phenoxy) is 1. The molecule has 2 N–H and O–H groups in total. The fourth-order valence-corrected chi connectivity index (χ4v) is 3.07. The Balaban J connectivity index is 0.00000450. The quantitative estimate of drug-likeness (QED) is 0.181. The molecule has 0 amide bonds. The van der Waals surface area contributed by atoms with Crippen LogP contribution >= 0.6 is 47.2 Å². The van der Waals surface area contributed by atoms with Crippen LogP contribution in [0.4, 0.5) is 0 Å². The van der Waals surface area contributed by atoms with E-state index in [2.05, 4.69) is 39.7 Å². The summed E-state index contributed by atoms with van der Waals surface area (Å²) in [5, 5.41) is 16.0. The second-order valence-electron chi connectivity index (χ2n) is 6.54. The molecular weight excluding hydrogens is 538 g/mol. The average Bonchev–Trinajstić information content (AvgIpc) is 3.17. The number of hydrogen-bond acceptors (Lipinski definition) is 4. The van der Waals surface area contributed by atoms with Gasteiger partial charge in [0.1, 0.15) is 12.2 Å². The Kier molecular flexibility index (Phi) is 13.3. The molecule has 0 aliphatic carbocycles. The molecule has 0 aliphatic rings. The highest BCUT2D eigenvalue weighted by molar-refractivity contribution is 14.0. The lowest BCUT2D eigenvalue weighted by Crippen LogP contribution is -2.40. The maximum absolute atomic E-state index is 6.16. The molecule has 0 radical (unpaired) electrons. The molecule has 1 heterocycles. The monoisotopic (exact) mass is 568 g/mol. The topological polar surface area (TPSA) is 76.4 Å². The van der Waals surface area contributed by atoms with E-state index in [1.54, 1.807) is 6.33 Å². The van der Waals surface area contributed by atoms with E-state index in [1.807, 2.05) is 29.7 Å². The first-order valence-corrected chi connectivity index (χ1v) is 10.7. The summed E-state index contributed by atoms with van der Waals surface area (Å²) in [4.78, 5) is 4.68. The maximum atomic E-state index is 6.16. The van der Waals surface area contributed by atoms with Crippen molar-refractivity contribution in [2.45, 2.75) is 46.2 Å². The van der Waals surface area contributed by atoms with Crippen molar-refractivity contribution in [1.29, 1.82) is 0 Å². The number of guanidine groups is 1. The van der Waals surface area contributed by atoms with E-state index >= 15 is 0 Å². The van der Waals surface area contributed by atoms with Crippen LogP contribution in [0.1, 0.15) is 44.6 Å². The Labute approximate surface area is 206 Å². The van der Waals surface area contributed by atoms with Gasteiger partial charge in [-0.1, -0.05) is 36.2 Å². The molecule has 30 heavy (non-hydrogen) atoms. The van der Waals surface area contributed by atoms with Gasteiger partial charge in [0.25, 0.3) is 0 Å². The Hall–Kier alpha value is -1.10. The van der Waals surface area contributed by atoms with Crippen molar-refractivity contribution in [3.8, 4) is 0 Å². The van der Waals surface area contributed by atoms with E-state index in [1.165, 1.54) is 0 Å². The van der Waals surface area contributed by atoms with Crippen molar-refractivity contribution in [3.63, 3.8) is 0 Å². The molecule has 2 rings (SSSR count). The number of nitrogens with zero attached hydrogens (tertiary/aromatic N) is 4. The predicted octanol–water partition coefficient (Wildman–Crippen LogP) is 4.49. The highest BCUT2D eigenvalue weighted by Crippen LogP contribution is 2.25. The van der Waals surface area contributed by atoms with Gasteiger partial charge in [0.2, 0.25) is 0 Å². The van der Waals surface area contributed by atoms with E-state index in [0.717, 1.165) is 43.3 Å². The lowest BCUT2D eigenvalue weighted by molar-refractivity contribution is 0.146. The van der Waals surface area contributed by atoms with Crippen LogP contribution in [-0.2, 0) is 17.7 Å². The van der Waals surface area contributed by atoms with Crippen LogP contribution in [0.3, 0.4) is 0 Å². The van der Waals surface area contributed by atoms with Gasteiger partial charge in [-0.2, -0.15) is 0 Å². The van der Waals surface area contributed by atoms with Gasteiger partial charge in [0.15, 0.2) is 5.96 Å². The molecule has 1 atom stereocenters. The molecular formula is C20H31Cl2IN6O. The van der Waals surface area contributed by atoms with Crippen molar-refractivity contribution >= 4 is 53.1 Å². The second-order valence-corrected chi connectivity index (χ2v) is 7.36. The number of aromatic nitrogens is 3. The molecule has 0 spiro atoms. The van der Waals surface area contributed by atoms with E-state index in [9.17, 15) is 0 Å². The first-order chi connectivity index (χ1) is 14.0. The summed E-state index contributed by atoms with van der Waals surface area (Å²) in [6.45, 7) is 9.69. The smallest absolute Gasteiger partial charge is 0.191 e. The fourth-order valence-electron chi connectivity index (χ4n) is 2.76. The summed E-state index contributed by atoms with van der Waals surface area (Å²) >= 11 is 12.2. The normalized spacial score (nSPS) is 12.4. The van der Waals surface area contributed by atoms with Crippen LogP contribution < -0.4 is 10.6 Å². The van der Waals surface area contributed by atoms with Crippen LogP contribution in [0.25, 0.3) is 0 Å². The highest BCUT2D eigenvalue weighted by atomic mass is 127. The van der Waals surface area contributed by atoms with Gasteiger partial charge in [-0.05, 0) is 38.0 Å². The number of aryl methyl sites for hydroxylation is 1. The molecule has 168 valence electrons. The molecule has 7 nitrogen and oxygen atoms in total. The molecule has 0 saturated carbocycles. The van der Waals surface area contributed by atoms with Gasteiger partial charge in [0, 0.05) is 39.3 Å². The van der Waals surface area contributed by atoms with Crippen LogP contribution in [0.5, 0.6) is 0 Å². The Bertz CT molecular complexity index is 786. The van der Waals surface area contributed by atoms with Gasteiger partial charge in [0.05, 0.1) is 16.1 Å². The van der Waals surface area contributed by atoms with Crippen molar-refractivity contribution < 1.29 is 4.74 Å². The SMILES string of the molecule is CCOCCCN=C(NCCn1cnnc1CC)NC(C)c1ccc(Cl)c(Cl)c1.I. The largest absolute Gasteiger partial charge is 0.382 e. The van der Waals surface area contributed by atoms with Crippen molar-refractivity contribution in [1.82, 2.24) is 25.4 Å². The van der Waals surface area contributed by atoms with E-state index in [-0.39, 0.29) is 30.0 Å². The zero-order valence-corrected chi connectivity index (χ0v) is 21.5. The third-order valence-electron chi connectivity index (χ3n) is 4.37. The van der Waals surface area contributed by atoms with Crippen molar-refractivity contribution in [2.24, 2.45) is 4.99 Å². The zero-order chi connectivity index (χ0) is 21.1. The van der Waals surface area contributed by atoms with Crippen LogP contribution in [0.2, 0.25) is 10.0 Å². The Morgan fingerprint density at radius 2 is 2.07 bits per heavy atom. The highest BCUT2D eigenvalue weighted by Gasteiger charge is 2.10. The van der Waals surface area contributed by atoms with E-state index in [4.69, 9.17) is 27.9 Å². The van der Waals surface area contributed by atoms with E-state index in [0.29, 0.717) is 29.7 Å². The summed E-state index contributed by atoms with van der Waals surface area (Å²) < 4.78 is 7.44. The maximum Gasteiger partial charge on any atom is 0.191 e. The Morgan fingerprint density at radius 1 is 1.27 bits per heavy atom. The average molecular weight is 569 g/mol. The third-order valence-corrected chi connectivity index (χ3v) is 5.11. The molecule has 1 aromatic heterocycles. The minimum absolute atomic E-state index is 0. The Morgan fingerprint density at radius 3 is 2.77 bits per heavy atom. The molecule has 10 heteroatoms. The van der Waals surface area contributed by atoms with Crippen molar-refractivity contribution in [3.05, 3.63) is 46.0 Å². The molecule has 0 saturated heterocycles. The summed E-state index contributed by atoms with van der Waals surface area (Å²) in [5.41, 5.74) is 1.04. The number of aliphatic imine (C=N–C) groups is 1. The van der Waals surface area contributed by atoms with Crippen LogP contribution in [0, 0.1) is 0 Å². The summed E-state index contributed by atoms with van der Waals surface area (Å²) in [6, 6.07) is 5.66. The van der Waals surface area contributed by atoms with Crippen LogP contribution in [0.15, 0.2) is 29.5 Å². The number of halogens is 3. The zero-order valence-electron chi connectivity index (χ0n) is 17.7. The van der Waals surface area contributed by atoms with Gasteiger partial charge in [-0.3, -0.25) is 4.99 Å². The minimum atomic E-state index is 0. The van der Waals surface area contributed by atoms with Gasteiger partial charge in [-0.25, -0.2) is 0 Å². The number of hydrogen-bond donors (Lipinski definition) is 2. The van der Waals surface area contributed by atoms with Crippen LogP contribution in [-0.4, -0.2) is 47.0 Å².